The zero-order valence-electron chi connectivity index (χ0n) is 45.3. The first-order valence-electron chi connectivity index (χ1n) is 26.5. The van der Waals surface area contributed by atoms with E-state index in [2.05, 4.69) is 36.7 Å². The number of carbonyl (C=O) groups excluding carboxylic acids is 5. The first kappa shape index (κ1) is 55.4. The Bertz CT molecular complexity index is 3020. The first-order chi connectivity index (χ1) is 37.5. The minimum absolute atomic E-state index is 0.0101. The largest absolute Gasteiger partial charge is 0.493 e. The lowest BCUT2D eigenvalue weighted by atomic mass is 10.1. The number of ether oxygens (including phenoxy) is 4. The maximum absolute atomic E-state index is 14.1. The summed E-state index contributed by atoms with van der Waals surface area (Å²) in [5, 5.41) is 9.14. The predicted molar refractivity (Wildman–Crippen MR) is 310 cm³/mol. The Balaban J connectivity index is 0.897. The number of nitrogens with one attached hydrogen (secondary N) is 3. The van der Waals surface area contributed by atoms with Crippen molar-refractivity contribution in [2.75, 3.05) is 29.3 Å². The van der Waals surface area contributed by atoms with Crippen LogP contribution in [0.2, 0.25) is 0 Å². The molecule has 0 bridgehead atoms. The molecular formula is C60H67N7O9S2. The lowest BCUT2D eigenvalue weighted by Gasteiger charge is -2.25. The number of anilines is 3. The van der Waals surface area contributed by atoms with Crippen LogP contribution >= 0.6 is 21.6 Å². The molecule has 4 aliphatic heterocycles. The zero-order valence-corrected chi connectivity index (χ0v) is 47.0. The summed E-state index contributed by atoms with van der Waals surface area (Å²) >= 11 is 0. The quantitative estimate of drug-likeness (QED) is 0.0559. The molecule has 0 spiro atoms. The minimum atomic E-state index is -0.878. The molecule has 5 atom stereocenters. The van der Waals surface area contributed by atoms with Gasteiger partial charge in [-0.05, 0) is 112 Å². The van der Waals surface area contributed by atoms with Crippen molar-refractivity contribution >= 4 is 92.0 Å². The van der Waals surface area contributed by atoms with Crippen LogP contribution in [0.25, 0.3) is 0 Å². The van der Waals surface area contributed by atoms with E-state index in [1.54, 1.807) is 87.1 Å². The van der Waals surface area contributed by atoms with Crippen LogP contribution in [0, 0.1) is 0 Å². The molecule has 0 saturated carbocycles. The van der Waals surface area contributed by atoms with Gasteiger partial charge in [-0.15, -0.1) is 0 Å². The zero-order chi connectivity index (χ0) is 55.3. The van der Waals surface area contributed by atoms with Gasteiger partial charge in [0.1, 0.15) is 19.3 Å². The molecule has 9 rings (SSSR count). The predicted octanol–water partition coefficient (Wildman–Crippen LogP) is 10.9. The standard InChI is InChI=1S/C60H67N7O9S2/c1-9-35(2)63-55(68)19-18-36(3)77-78-60(5,6)21-20-56(69)64-37(4)57(70)65-42-23-38(33-75-53-29-47-45(27-51(53)73-7)58(71)66-43(31-61-47)25-40-14-10-12-16-49(40)66)22-39(24-42)34-76-54-30-48-46(28-52(54)74-8)59(72)67-44(32-62-48)26-41-15-11-13-17-50(41)67/h10-17,22-24,27-32,35-37,43-44H,9,18-21,25-26,33-34H2,1-8H3,(H,63,68)(H,64,69)(H,65,70)/t35?,36?,37?,43-,44?/m0/s1. The lowest BCUT2D eigenvalue weighted by Crippen LogP contribution is -2.42. The summed E-state index contributed by atoms with van der Waals surface area (Å²) < 4.78 is 24.3. The molecule has 4 unspecified atom stereocenters. The van der Waals surface area contributed by atoms with Crippen LogP contribution in [0.3, 0.4) is 0 Å². The highest BCUT2D eigenvalue weighted by atomic mass is 33.1. The Hall–Kier alpha value is -7.31. The summed E-state index contributed by atoms with van der Waals surface area (Å²) in [5.74, 6) is 0.417. The molecule has 5 amide bonds. The number of carbonyl (C=O) groups is 5. The third-order valence-corrected chi connectivity index (χ3v) is 18.3. The number of para-hydroxylation sites is 2. The van der Waals surface area contributed by atoms with Crippen molar-refractivity contribution in [1.29, 1.82) is 0 Å². The number of rotatable bonds is 22. The average Bonchev–Trinajstić information content (AvgIpc) is 4.01. The molecule has 0 fully saturated rings. The number of fused-ring (bicyclic) bond motifs is 8. The highest BCUT2D eigenvalue weighted by Gasteiger charge is 2.38. The van der Waals surface area contributed by atoms with Gasteiger partial charge in [0.05, 0.1) is 48.8 Å². The van der Waals surface area contributed by atoms with E-state index in [1.165, 1.54) is 14.2 Å². The number of methoxy groups -OCH3 is 2. The molecule has 0 radical (unpaired) electrons. The Morgan fingerprint density at radius 1 is 0.692 bits per heavy atom. The highest BCUT2D eigenvalue weighted by Crippen LogP contribution is 2.44. The second kappa shape index (κ2) is 24.1. The molecule has 78 heavy (non-hydrogen) atoms. The summed E-state index contributed by atoms with van der Waals surface area (Å²) in [6.07, 6.45) is 7.82. The fourth-order valence-corrected chi connectivity index (χ4v) is 12.5. The minimum Gasteiger partial charge on any atom is -0.493 e. The van der Waals surface area contributed by atoms with Crippen LogP contribution in [0.15, 0.2) is 101 Å². The molecule has 18 heteroatoms. The van der Waals surface area contributed by atoms with E-state index >= 15 is 0 Å². The number of nitrogens with zero attached hydrogens (tertiary/aromatic N) is 4. The molecule has 5 aromatic carbocycles. The third-order valence-electron chi connectivity index (χ3n) is 14.3. The summed E-state index contributed by atoms with van der Waals surface area (Å²) in [5.41, 5.74) is 7.29. The van der Waals surface area contributed by atoms with E-state index in [4.69, 9.17) is 28.9 Å². The van der Waals surface area contributed by atoms with Crippen LogP contribution in [-0.2, 0) is 40.4 Å². The van der Waals surface area contributed by atoms with Gasteiger partial charge < -0.3 is 34.9 Å². The van der Waals surface area contributed by atoms with Gasteiger partial charge in [0, 0.05) is 83.3 Å². The van der Waals surface area contributed by atoms with Crippen molar-refractivity contribution in [3.05, 3.63) is 124 Å². The maximum atomic E-state index is 14.1. The number of benzene rings is 5. The van der Waals surface area contributed by atoms with Gasteiger partial charge in [0.2, 0.25) is 17.7 Å². The van der Waals surface area contributed by atoms with E-state index in [-0.39, 0.29) is 71.4 Å². The Morgan fingerprint density at radius 3 is 1.72 bits per heavy atom. The SMILES string of the molecule is CCC(C)NC(=O)CCC(C)SSC(C)(C)CCC(=O)NC(C)C(=O)Nc1cc(COc2cc3c(cc2OC)C(=O)N2c4ccccc4CC2C=N3)cc(COc2cc3c(cc2OC)C(=O)N2c4ccccc4C[C@H]2C=N3)c1. The molecule has 0 aromatic heterocycles. The monoisotopic (exact) mass is 1090 g/mol. The topological polar surface area (TPSA) is 190 Å². The number of hydrogen-bond donors (Lipinski definition) is 3. The smallest absolute Gasteiger partial charge is 0.261 e. The van der Waals surface area contributed by atoms with E-state index in [0.717, 1.165) is 35.3 Å². The van der Waals surface area contributed by atoms with E-state index in [0.29, 0.717) is 88.0 Å². The van der Waals surface area contributed by atoms with Gasteiger partial charge in [0.15, 0.2) is 23.0 Å². The molecule has 16 nitrogen and oxygen atoms in total. The van der Waals surface area contributed by atoms with Crippen LogP contribution < -0.4 is 44.7 Å². The van der Waals surface area contributed by atoms with Crippen molar-refractivity contribution in [3.63, 3.8) is 0 Å². The van der Waals surface area contributed by atoms with E-state index in [9.17, 15) is 24.0 Å². The molecule has 0 saturated heterocycles. The maximum Gasteiger partial charge on any atom is 0.261 e. The second-order valence-electron chi connectivity index (χ2n) is 20.8. The van der Waals surface area contributed by atoms with Crippen molar-refractivity contribution in [1.82, 2.24) is 10.6 Å². The van der Waals surface area contributed by atoms with Crippen LogP contribution in [0.1, 0.15) is 117 Å². The van der Waals surface area contributed by atoms with Gasteiger partial charge in [-0.25, -0.2) is 0 Å². The van der Waals surface area contributed by atoms with Crippen molar-refractivity contribution < 1.29 is 42.9 Å². The molecule has 5 aromatic rings. The summed E-state index contributed by atoms with van der Waals surface area (Å²) in [7, 11) is 6.45. The van der Waals surface area contributed by atoms with Crippen molar-refractivity contribution in [2.24, 2.45) is 9.98 Å². The van der Waals surface area contributed by atoms with E-state index < -0.39 is 11.9 Å². The van der Waals surface area contributed by atoms with Gasteiger partial charge in [-0.1, -0.05) is 71.8 Å². The van der Waals surface area contributed by atoms with Crippen molar-refractivity contribution in [3.8, 4) is 23.0 Å². The molecule has 408 valence electrons. The van der Waals surface area contributed by atoms with Crippen molar-refractivity contribution in [2.45, 2.75) is 134 Å². The summed E-state index contributed by atoms with van der Waals surface area (Å²) in [4.78, 5) is 80.8. The van der Waals surface area contributed by atoms with Crippen LogP contribution in [-0.4, -0.2) is 90.3 Å². The Morgan fingerprint density at radius 2 is 1.21 bits per heavy atom. The Kier molecular flexibility index (Phi) is 17.2. The lowest BCUT2D eigenvalue weighted by molar-refractivity contribution is -0.126. The van der Waals surface area contributed by atoms with Crippen LogP contribution in [0.5, 0.6) is 23.0 Å². The van der Waals surface area contributed by atoms with Gasteiger partial charge in [0.25, 0.3) is 11.8 Å². The third kappa shape index (κ3) is 12.7. The average molecular weight is 1090 g/mol. The molecule has 0 aliphatic carbocycles. The second-order valence-corrected chi connectivity index (χ2v) is 24.2. The fourth-order valence-electron chi connectivity index (χ4n) is 9.83. The van der Waals surface area contributed by atoms with Gasteiger partial charge in [-0.2, -0.15) is 0 Å². The molecule has 4 aliphatic rings. The molecule has 3 N–H and O–H groups in total. The van der Waals surface area contributed by atoms with E-state index in [1.807, 2.05) is 68.4 Å². The number of aliphatic imine (C=N–C) groups is 2. The van der Waals surface area contributed by atoms with Gasteiger partial charge >= 0.3 is 0 Å². The molecule has 4 heterocycles. The Labute approximate surface area is 463 Å². The van der Waals surface area contributed by atoms with Crippen LogP contribution in [0.4, 0.5) is 28.4 Å². The van der Waals surface area contributed by atoms with Gasteiger partial charge in [-0.3, -0.25) is 43.8 Å². The molecular weight excluding hydrogens is 1030 g/mol. The highest BCUT2D eigenvalue weighted by molar-refractivity contribution is 8.77. The number of amides is 5. The number of hydrogen-bond acceptors (Lipinski definition) is 13. The first-order valence-corrected chi connectivity index (χ1v) is 28.7. The summed E-state index contributed by atoms with van der Waals surface area (Å²) in [6.45, 7) is 12.0. The summed E-state index contributed by atoms with van der Waals surface area (Å²) in [6, 6.07) is 26.7. The fraction of sp³-hybridized carbons (Fsp3) is 0.383. The normalized spacial score (nSPS) is 17.0.